The first-order chi connectivity index (χ1) is 8.79. The zero-order chi connectivity index (χ0) is 12.5. The van der Waals surface area contributed by atoms with Gasteiger partial charge in [-0.15, -0.1) is 0 Å². The molecule has 0 saturated heterocycles. The Morgan fingerprint density at radius 2 is 2.22 bits per heavy atom. The molecule has 1 aliphatic rings. The lowest BCUT2D eigenvalue weighted by Crippen LogP contribution is -2.09. The quantitative estimate of drug-likeness (QED) is 0.927. The largest absolute Gasteiger partial charge is 0.492 e. The van der Waals surface area contributed by atoms with Crippen molar-refractivity contribution in [3.63, 3.8) is 0 Å². The van der Waals surface area contributed by atoms with Gasteiger partial charge in [0.25, 0.3) is 0 Å². The summed E-state index contributed by atoms with van der Waals surface area (Å²) in [7, 11) is 1.84. The summed E-state index contributed by atoms with van der Waals surface area (Å²) >= 11 is 3.41. The van der Waals surface area contributed by atoms with Crippen LogP contribution in [-0.4, -0.2) is 23.6 Å². The van der Waals surface area contributed by atoms with Crippen molar-refractivity contribution < 1.29 is 4.74 Å². The molecule has 2 aromatic rings. The minimum absolute atomic E-state index is 0.112. The van der Waals surface area contributed by atoms with E-state index in [9.17, 15) is 0 Å². The maximum Gasteiger partial charge on any atom is 0.143 e. The number of ether oxygens (including phenoxy) is 1. The second-order valence-electron chi connectivity index (χ2n) is 4.08. The molecule has 1 unspecified atom stereocenters. The van der Waals surface area contributed by atoms with Gasteiger partial charge >= 0.3 is 0 Å². The standard InChI is InChI=1S/C13H12BrN3O/c1-15-13-10(14)6-16-12(17-13)9-7-18-11-5-3-2-4-8(9)11/h2-6,9H,7H2,1H3,(H,15,16,17). The average molecular weight is 306 g/mol. The molecule has 0 amide bonds. The van der Waals surface area contributed by atoms with Crippen LogP contribution >= 0.6 is 15.9 Å². The van der Waals surface area contributed by atoms with Crippen molar-refractivity contribution in [2.45, 2.75) is 5.92 Å². The normalized spacial score (nSPS) is 17.1. The van der Waals surface area contributed by atoms with Crippen LogP contribution in [0, 0.1) is 0 Å². The van der Waals surface area contributed by atoms with Crippen molar-refractivity contribution in [3.05, 3.63) is 46.3 Å². The maximum absolute atomic E-state index is 5.66. The topological polar surface area (TPSA) is 47.0 Å². The smallest absolute Gasteiger partial charge is 0.143 e. The number of hydrogen-bond donors (Lipinski definition) is 1. The van der Waals surface area contributed by atoms with Crippen molar-refractivity contribution in [2.75, 3.05) is 19.0 Å². The molecule has 3 rings (SSSR count). The molecule has 2 heterocycles. The highest BCUT2D eigenvalue weighted by atomic mass is 79.9. The Kier molecular flexibility index (Phi) is 2.91. The van der Waals surface area contributed by atoms with E-state index in [1.807, 2.05) is 25.2 Å². The molecule has 4 nitrogen and oxygen atoms in total. The number of aromatic nitrogens is 2. The Hall–Kier alpha value is -1.62. The molecular formula is C13H12BrN3O. The van der Waals surface area contributed by atoms with Gasteiger partial charge in [0, 0.05) is 18.8 Å². The Morgan fingerprint density at radius 1 is 1.39 bits per heavy atom. The van der Waals surface area contributed by atoms with E-state index in [4.69, 9.17) is 4.74 Å². The predicted octanol–water partition coefficient (Wildman–Crippen LogP) is 2.81. The Balaban J connectivity index is 2.02. The monoisotopic (exact) mass is 305 g/mol. The summed E-state index contributed by atoms with van der Waals surface area (Å²) in [6.07, 6.45) is 1.77. The van der Waals surface area contributed by atoms with Crippen molar-refractivity contribution in [1.29, 1.82) is 0 Å². The molecule has 0 aliphatic carbocycles. The fourth-order valence-corrected chi connectivity index (χ4v) is 2.49. The minimum Gasteiger partial charge on any atom is -0.492 e. The third kappa shape index (κ3) is 1.84. The number of halogens is 1. The lowest BCUT2D eigenvalue weighted by molar-refractivity contribution is 0.340. The third-order valence-electron chi connectivity index (χ3n) is 3.01. The number of nitrogens with zero attached hydrogens (tertiary/aromatic N) is 2. The summed E-state index contributed by atoms with van der Waals surface area (Å²) in [5.41, 5.74) is 1.15. The summed E-state index contributed by atoms with van der Waals surface area (Å²) in [5, 5.41) is 3.04. The summed E-state index contributed by atoms with van der Waals surface area (Å²) in [5.74, 6) is 2.62. The molecule has 1 N–H and O–H groups in total. The third-order valence-corrected chi connectivity index (χ3v) is 3.59. The Labute approximate surface area is 114 Å². The van der Waals surface area contributed by atoms with E-state index in [2.05, 4.69) is 37.3 Å². The number of hydrogen-bond acceptors (Lipinski definition) is 4. The van der Waals surface area contributed by atoms with Gasteiger partial charge in [-0.1, -0.05) is 18.2 Å². The highest BCUT2D eigenvalue weighted by molar-refractivity contribution is 9.10. The van der Waals surface area contributed by atoms with Gasteiger partial charge in [0.15, 0.2) is 0 Å². The second-order valence-corrected chi connectivity index (χ2v) is 4.93. The molecule has 18 heavy (non-hydrogen) atoms. The number of benzene rings is 1. The van der Waals surface area contributed by atoms with Crippen LogP contribution in [0.1, 0.15) is 17.3 Å². The van der Waals surface area contributed by atoms with Crippen LogP contribution in [-0.2, 0) is 0 Å². The molecule has 0 saturated carbocycles. The van der Waals surface area contributed by atoms with Gasteiger partial charge in [-0.3, -0.25) is 0 Å². The second kappa shape index (κ2) is 4.57. The number of nitrogens with one attached hydrogen (secondary N) is 1. The molecule has 0 radical (unpaired) electrons. The fraction of sp³-hybridized carbons (Fsp3) is 0.231. The number of anilines is 1. The van der Waals surface area contributed by atoms with Crippen LogP contribution in [0.5, 0.6) is 5.75 Å². The minimum atomic E-state index is 0.112. The molecule has 1 atom stereocenters. The number of rotatable bonds is 2. The van der Waals surface area contributed by atoms with E-state index in [0.717, 1.165) is 27.4 Å². The zero-order valence-electron chi connectivity index (χ0n) is 9.85. The number of para-hydroxylation sites is 1. The van der Waals surface area contributed by atoms with Gasteiger partial charge in [0.2, 0.25) is 0 Å². The first kappa shape index (κ1) is 11.5. The van der Waals surface area contributed by atoms with E-state index < -0.39 is 0 Å². The zero-order valence-corrected chi connectivity index (χ0v) is 11.4. The molecule has 1 aliphatic heterocycles. The van der Waals surface area contributed by atoms with E-state index in [1.165, 1.54) is 0 Å². The van der Waals surface area contributed by atoms with Crippen LogP contribution in [0.4, 0.5) is 5.82 Å². The molecule has 92 valence electrons. The van der Waals surface area contributed by atoms with Crippen molar-refractivity contribution in [2.24, 2.45) is 0 Å². The molecule has 0 bridgehead atoms. The van der Waals surface area contributed by atoms with Gasteiger partial charge in [0.1, 0.15) is 24.0 Å². The van der Waals surface area contributed by atoms with Crippen LogP contribution in [0.2, 0.25) is 0 Å². The van der Waals surface area contributed by atoms with E-state index in [1.54, 1.807) is 6.20 Å². The van der Waals surface area contributed by atoms with Crippen molar-refractivity contribution >= 4 is 21.7 Å². The van der Waals surface area contributed by atoms with Crippen molar-refractivity contribution in [3.8, 4) is 5.75 Å². The molecule has 1 aromatic heterocycles. The number of fused-ring (bicyclic) bond motifs is 1. The fourth-order valence-electron chi connectivity index (χ4n) is 2.10. The highest BCUT2D eigenvalue weighted by Crippen LogP contribution is 2.37. The lowest BCUT2D eigenvalue weighted by atomic mass is 10.0. The predicted molar refractivity (Wildman–Crippen MR) is 73.1 cm³/mol. The van der Waals surface area contributed by atoms with Crippen LogP contribution in [0.25, 0.3) is 0 Å². The van der Waals surface area contributed by atoms with Crippen LogP contribution < -0.4 is 10.1 Å². The summed E-state index contributed by atoms with van der Waals surface area (Å²) in [4.78, 5) is 8.91. The molecule has 1 aromatic carbocycles. The summed E-state index contributed by atoms with van der Waals surface area (Å²) in [6.45, 7) is 0.601. The first-order valence-corrected chi connectivity index (χ1v) is 6.51. The van der Waals surface area contributed by atoms with Gasteiger partial charge < -0.3 is 10.1 Å². The van der Waals surface area contributed by atoms with Gasteiger partial charge in [-0.2, -0.15) is 0 Å². The van der Waals surface area contributed by atoms with Crippen LogP contribution in [0.15, 0.2) is 34.9 Å². The summed E-state index contributed by atoms with van der Waals surface area (Å²) in [6, 6.07) is 8.03. The van der Waals surface area contributed by atoms with Gasteiger partial charge in [0.05, 0.1) is 10.4 Å². The summed E-state index contributed by atoms with van der Waals surface area (Å²) < 4.78 is 6.52. The average Bonchev–Trinajstić information content (AvgIpc) is 2.83. The molecule has 0 fully saturated rings. The Bertz CT molecular complexity index is 588. The Morgan fingerprint density at radius 3 is 3.06 bits per heavy atom. The van der Waals surface area contributed by atoms with Crippen LogP contribution in [0.3, 0.4) is 0 Å². The lowest BCUT2D eigenvalue weighted by Gasteiger charge is -2.10. The van der Waals surface area contributed by atoms with E-state index in [0.29, 0.717) is 6.61 Å². The van der Waals surface area contributed by atoms with Crippen molar-refractivity contribution in [1.82, 2.24) is 9.97 Å². The first-order valence-electron chi connectivity index (χ1n) is 5.71. The molecular weight excluding hydrogens is 294 g/mol. The molecule has 5 heteroatoms. The maximum atomic E-state index is 5.66. The van der Waals surface area contributed by atoms with Gasteiger partial charge in [-0.05, 0) is 22.0 Å². The van der Waals surface area contributed by atoms with E-state index >= 15 is 0 Å². The van der Waals surface area contributed by atoms with Gasteiger partial charge in [-0.25, -0.2) is 9.97 Å². The highest BCUT2D eigenvalue weighted by Gasteiger charge is 2.27. The SMILES string of the molecule is CNc1nc(C2COc3ccccc32)ncc1Br. The molecule has 0 spiro atoms. The van der Waals surface area contributed by atoms with E-state index in [-0.39, 0.29) is 5.92 Å².